The molecule has 9 heteroatoms. The average Bonchev–Trinajstić information content (AvgIpc) is 2.96. The summed E-state index contributed by atoms with van der Waals surface area (Å²) in [5.41, 5.74) is 0.998. The predicted molar refractivity (Wildman–Crippen MR) is 166 cm³/mol. The summed E-state index contributed by atoms with van der Waals surface area (Å²) in [6.45, 7) is 12.8. The van der Waals surface area contributed by atoms with Gasteiger partial charge in [0.05, 0.1) is 18.3 Å². The van der Waals surface area contributed by atoms with Crippen LogP contribution in [0.25, 0.3) is 0 Å². The highest BCUT2D eigenvalue weighted by molar-refractivity contribution is 5.78. The number of hydrogen-bond donors (Lipinski definition) is 4. The largest absolute Gasteiger partial charge is 0.462 e. The fourth-order valence-electron chi connectivity index (χ4n) is 7.26. The number of hydrogen-bond acceptors (Lipinski definition) is 9. The average molecular weight is 617 g/mol. The summed E-state index contributed by atoms with van der Waals surface area (Å²) < 4.78 is 24.9. The monoisotopic (exact) mass is 616 g/mol. The third-order valence-corrected chi connectivity index (χ3v) is 9.97. The van der Waals surface area contributed by atoms with E-state index in [1.165, 1.54) is 5.57 Å². The summed E-state index contributed by atoms with van der Waals surface area (Å²) in [4.78, 5) is 14.0. The van der Waals surface area contributed by atoms with E-state index in [0.29, 0.717) is 24.0 Å². The van der Waals surface area contributed by atoms with Crippen LogP contribution in [0.2, 0.25) is 0 Å². The van der Waals surface area contributed by atoms with Crippen LogP contribution in [0, 0.1) is 17.8 Å². The Bertz CT molecular complexity index is 1200. The Balaban J connectivity index is 1.77. The van der Waals surface area contributed by atoms with E-state index in [1.54, 1.807) is 26.0 Å². The third kappa shape index (κ3) is 7.15. The number of carbonyl (C=O) groups is 1. The van der Waals surface area contributed by atoms with E-state index in [1.807, 2.05) is 39.0 Å². The second kappa shape index (κ2) is 14.1. The van der Waals surface area contributed by atoms with E-state index >= 15 is 0 Å². The summed E-state index contributed by atoms with van der Waals surface area (Å²) in [7, 11) is 0. The smallest absolute Gasteiger partial charge is 0.316 e. The van der Waals surface area contributed by atoms with E-state index in [9.17, 15) is 25.2 Å². The molecule has 4 aliphatic rings. The Kier molecular flexibility index (Phi) is 11.2. The Morgan fingerprint density at radius 3 is 2.55 bits per heavy atom. The van der Waals surface area contributed by atoms with Gasteiger partial charge in [0.15, 0.2) is 5.79 Å². The summed E-state index contributed by atoms with van der Waals surface area (Å²) >= 11 is 0. The van der Waals surface area contributed by atoms with E-state index in [0.717, 1.165) is 12.0 Å². The topological polar surface area (TPSA) is 135 Å². The highest BCUT2D eigenvalue weighted by atomic mass is 16.7. The predicted octanol–water partition coefficient (Wildman–Crippen LogP) is 4.41. The van der Waals surface area contributed by atoms with Crippen molar-refractivity contribution in [2.24, 2.45) is 17.8 Å². The van der Waals surface area contributed by atoms with Gasteiger partial charge in [-0.2, -0.15) is 0 Å². The number of carbonyl (C=O) groups excluding carboxylic acids is 1. The fraction of sp³-hybridized carbons (Fsp3) is 0.686. The Morgan fingerprint density at radius 1 is 1.14 bits per heavy atom. The molecule has 2 saturated heterocycles. The quantitative estimate of drug-likeness (QED) is 0.207. The molecule has 4 rings (SSSR count). The van der Waals surface area contributed by atoms with Crippen molar-refractivity contribution < 1.29 is 44.2 Å². The van der Waals surface area contributed by atoms with Crippen LogP contribution in [0.3, 0.4) is 0 Å². The zero-order valence-electron chi connectivity index (χ0n) is 27.2. The highest BCUT2D eigenvalue weighted by Crippen LogP contribution is 2.46. The van der Waals surface area contributed by atoms with Gasteiger partial charge in [-0.3, -0.25) is 4.79 Å². The maximum absolute atomic E-state index is 14.0. The summed E-state index contributed by atoms with van der Waals surface area (Å²) in [6.07, 6.45) is 8.99. The van der Waals surface area contributed by atoms with E-state index < -0.39 is 54.5 Å². The van der Waals surface area contributed by atoms with Crippen LogP contribution in [-0.2, 0) is 23.7 Å². The zero-order valence-corrected chi connectivity index (χ0v) is 27.2. The third-order valence-electron chi connectivity index (χ3n) is 9.97. The number of aliphatic hydroxyl groups is 4. The van der Waals surface area contributed by atoms with Gasteiger partial charge < -0.3 is 39.4 Å². The SMILES string of the molecule is C/C=C(\C)[C@H]1O[C@]2(CC(O)[C@@H]1C)C[C@@H]1C[C@@H](C/C=C(\C)C[C@@H](C)/C=C/C=C(\C)[C@]3(O)C(O)[C@H](OCO)C(C)=C[C@H]3C(=O)O1)O2. The standard InChI is InChI=1S/C35H52O9/c1-8-22(4)30-25(7)29(37)18-34(44-30)17-27-16-26(43-34)13-12-21(3)14-20(2)10-9-11-24(6)35(40)28(33(39)42-27)15-23(5)31(32(35)38)41-19-36/h8-12,15,20,25-32,36-38,40H,13-14,16-19H2,1-7H3/b10-9+,21-12+,22-8+,24-11+/t20-,25-,26+,27-,28-,29?,30+,31+,32?,34-,35+/m0/s1. The van der Waals surface area contributed by atoms with Gasteiger partial charge in [0, 0.05) is 25.2 Å². The molecule has 0 amide bonds. The van der Waals surface area contributed by atoms with Gasteiger partial charge in [-0.15, -0.1) is 0 Å². The lowest BCUT2D eigenvalue weighted by Crippen LogP contribution is -2.61. The van der Waals surface area contributed by atoms with Gasteiger partial charge in [0.25, 0.3) is 0 Å². The summed E-state index contributed by atoms with van der Waals surface area (Å²) in [5.74, 6) is -3.04. The molecule has 44 heavy (non-hydrogen) atoms. The number of aliphatic hydroxyl groups excluding tert-OH is 3. The number of rotatable bonds is 3. The molecule has 1 aliphatic carbocycles. The van der Waals surface area contributed by atoms with Crippen molar-refractivity contribution in [2.45, 2.75) is 129 Å². The lowest BCUT2D eigenvalue weighted by molar-refractivity contribution is -0.342. The molecule has 4 N–H and O–H groups in total. The molecule has 2 fully saturated rings. The lowest BCUT2D eigenvalue weighted by atomic mass is 9.69. The number of fused-ring (bicyclic) bond motifs is 3. The van der Waals surface area contributed by atoms with Crippen molar-refractivity contribution in [3.8, 4) is 0 Å². The van der Waals surface area contributed by atoms with Crippen LogP contribution in [0.1, 0.15) is 80.6 Å². The molecule has 2 unspecified atom stereocenters. The van der Waals surface area contributed by atoms with Gasteiger partial charge in [0.2, 0.25) is 0 Å². The zero-order chi connectivity index (χ0) is 32.4. The molecule has 11 atom stereocenters. The summed E-state index contributed by atoms with van der Waals surface area (Å²) in [5, 5.41) is 44.2. The number of ether oxygens (including phenoxy) is 4. The molecule has 1 spiro atoms. The maximum atomic E-state index is 14.0. The molecule has 0 aromatic heterocycles. The first-order valence-corrected chi connectivity index (χ1v) is 15.9. The van der Waals surface area contributed by atoms with E-state index in [-0.39, 0.29) is 36.9 Å². The Morgan fingerprint density at radius 2 is 1.86 bits per heavy atom. The molecule has 0 aromatic rings. The van der Waals surface area contributed by atoms with E-state index in [4.69, 9.17) is 18.9 Å². The minimum absolute atomic E-state index is 0.139. The second-order valence-electron chi connectivity index (χ2n) is 13.4. The van der Waals surface area contributed by atoms with Gasteiger partial charge in [-0.1, -0.05) is 55.9 Å². The van der Waals surface area contributed by atoms with Crippen molar-refractivity contribution in [1.82, 2.24) is 0 Å². The van der Waals surface area contributed by atoms with Crippen molar-refractivity contribution in [3.63, 3.8) is 0 Å². The molecule has 0 radical (unpaired) electrons. The fourth-order valence-corrected chi connectivity index (χ4v) is 7.26. The van der Waals surface area contributed by atoms with Gasteiger partial charge in [-0.05, 0) is 70.1 Å². The minimum atomic E-state index is -2.06. The van der Waals surface area contributed by atoms with Crippen LogP contribution in [-0.4, -0.2) is 81.2 Å². The first-order chi connectivity index (χ1) is 20.7. The van der Waals surface area contributed by atoms with Gasteiger partial charge in [0.1, 0.15) is 36.6 Å². The molecule has 3 heterocycles. The van der Waals surface area contributed by atoms with E-state index in [2.05, 4.69) is 19.9 Å². The molecule has 9 nitrogen and oxygen atoms in total. The molecule has 246 valence electrons. The van der Waals surface area contributed by atoms with Crippen LogP contribution in [0.5, 0.6) is 0 Å². The number of allylic oxidation sites excluding steroid dienone is 5. The number of esters is 1. The van der Waals surface area contributed by atoms with Crippen molar-refractivity contribution in [2.75, 3.05) is 6.79 Å². The first-order valence-electron chi connectivity index (χ1n) is 15.9. The molecule has 0 saturated carbocycles. The van der Waals surface area contributed by atoms with Crippen LogP contribution in [0.15, 0.2) is 58.7 Å². The van der Waals surface area contributed by atoms with Crippen LogP contribution >= 0.6 is 0 Å². The van der Waals surface area contributed by atoms with Crippen LogP contribution in [0.4, 0.5) is 0 Å². The molecular formula is C35H52O9. The molecule has 2 bridgehead atoms. The van der Waals surface area contributed by atoms with Gasteiger partial charge in [-0.25, -0.2) is 0 Å². The maximum Gasteiger partial charge on any atom is 0.316 e. The lowest BCUT2D eigenvalue weighted by Gasteiger charge is -2.51. The van der Waals surface area contributed by atoms with Crippen molar-refractivity contribution in [1.29, 1.82) is 0 Å². The Hall–Kier alpha value is -2.11. The summed E-state index contributed by atoms with van der Waals surface area (Å²) in [6, 6.07) is 0. The molecular weight excluding hydrogens is 564 g/mol. The van der Waals surface area contributed by atoms with Crippen LogP contribution < -0.4 is 0 Å². The first kappa shape index (κ1) is 34.8. The second-order valence-corrected chi connectivity index (χ2v) is 13.4. The molecule has 3 aliphatic heterocycles. The highest BCUT2D eigenvalue weighted by Gasteiger charge is 2.56. The van der Waals surface area contributed by atoms with Gasteiger partial charge >= 0.3 is 5.97 Å². The van der Waals surface area contributed by atoms with Crippen molar-refractivity contribution >= 4 is 5.97 Å². The Labute approximate surface area is 261 Å². The van der Waals surface area contributed by atoms with Crippen molar-refractivity contribution in [3.05, 3.63) is 58.7 Å². The minimum Gasteiger partial charge on any atom is -0.462 e. The normalized spacial score (nSPS) is 45.7. The molecule has 0 aromatic carbocycles.